The molecule has 0 amide bonds. The molecule has 0 aliphatic rings. The fraction of sp³-hybridized carbons (Fsp3) is 0.200. The molecule has 1 aromatic carbocycles. The normalized spacial score (nSPS) is 12.0. The van der Waals surface area contributed by atoms with Crippen molar-refractivity contribution in [2.24, 2.45) is 0 Å². The Hall–Kier alpha value is -2.01. The molecule has 0 bridgehead atoms. The maximum absolute atomic E-state index is 11.5. The van der Waals surface area contributed by atoms with Crippen molar-refractivity contribution < 1.29 is 42.6 Å². The van der Waals surface area contributed by atoms with Gasteiger partial charge >= 0.3 is 17.9 Å². The van der Waals surface area contributed by atoms with Gasteiger partial charge in [0.2, 0.25) is 0 Å². The number of hydrogen-bond acceptors (Lipinski definition) is 7. The minimum Gasteiger partial charge on any atom is -0.478 e. The minimum atomic E-state index is -4.75. The number of carbonyl (C=O) groups excluding carboxylic acids is 1. The van der Waals surface area contributed by atoms with E-state index in [4.69, 9.17) is 19.9 Å². The molecule has 1 aromatic rings. The lowest BCUT2D eigenvalue weighted by molar-refractivity contribution is -0.293. The van der Waals surface area contributed by atoms with Crippen LogP contribution in [-0.4, -0.2) is 46.2 Å². The van der Waals surface area contributed by atoms with Crippen LogP contribution in [0.1, 0.15) is 27.6 Å². The Morgan fingerprint density at radius 1 is 1.15 bits per heavy atom. The van der Waals surface area contributed by atoms with E-state index in [-0.39, 0.29) is 0 Å². The van der Waals surface area contributed by atoms with E-state index in [1.54, 1.807) is 0 Å². The summed E-state index contributed by atoms with van der Waals surface area (Å²) in [6, 6.07) is 2.02. The van der Waals surface area contributed by atoms with Crippen molar-refractivity contribution in [3.05, 3.63) is 29.3 Å². The molecule has 10 heteroatoms. The number of hydrogen-bond donors (Lipinski definition) is 4. The predicted molar refractivity (Wildman–Crippen MR) is 61.5 cm³/mol. The largest absolute Gasteiger partial charge is 0.478 e. The second-order valence-electron chi connectivity index (χ2n) is 3.85. The molecule has 0 heterocycles. The minimum absolute atomic E-state index is 0.591. The molecule has 0 aromatic heterocycles. The number of carbonyl (C=O) groups is 2. The second-order valence-corrected chi connectivity index (χ2v) is 5.27. The van der Waals surface area contributed by atoms with E-state index in [0.717, 1.165) is 13.0 Å². The molecule has 0 spiro atoms. The Morgan fingerprint density at radius 3 is 2.05 bits per heavy atom. The topological polar surface area (TPSA) is 158 Å². The molecule has 4 N–H and O–H groups in total. The molecule has 0 fully saturated rings. The average molecular weight is 306 g/mol. The van der Waals surface area contributed by atoms with Gasteiger partial charge in [-0.1, -0.05) is 0 Å². The maximum atomic E-state index is 11.5. The zero-order chi connectivity index (χ0) is 15.7. The molecule has 0 unspecified atom stereocenters. The van der Waals surface area contributed by atoms with E-state index < -0.39 is 44.1 Å². The zero-order valence-electron chi connectivity index (χ0n) is 9.97. The highest BCUT2D eigenvalue weighted by Crippen LogP contribution is 2.17. The number of aliphatic hydroxyl groups is 2. The van der Waals surface area contributed by atoms with Crippen LogP contribution >= 0.6 is 0 Å². The van der Waals surface area contributed by atoms with E-state index in [1.807, 2.05) is 0 Å². The summed E-state index contributed by atoms with van der Waals surface area (Å²) in [5, 5.41) is 26.6. The monoisotopic (exact) mass is 306 g/mol. The molecule has 0 atom stereocenters. The van der Waals surface area contributed by atoms with E-state index in [9.17, 15) is 18.0 Å². The third-order valence-corrected chi connectivity index (χ3v) is 2.80. The van der Waals surface area contributed by atoms with Crippen LogP contribution in [0.5, 0.6) is 0 Å². The van der Waals surface area contributed by atoms with Crippen molar-refractivity contribution in [2.45, 2.75) is 17.8 Å². The fourth-order valence-corrected chi connectivity index (χ4v) is 1.78. The average Bonchev–Trinajstić information content (AvgIpc) is 2.24. The third kappa shape index (κ3) is 4.28. The summed E-state index contributed by atoms with van der Waals surface area (Å²) >= 11 is 0. The molecular weight excluding hydrogens is 296 g/mol. The van der Waals surface area contributed by atoms with Crippen LogP contribution < -0.4 is 0 Å². The number of carboxylic acids is 1. The predicted octanol–water partition coefficient (Wildman–Crippen LogP) is -0.553. The summed E-state index contributed by atoms with van der Waals surface area (Å²) in [7, 11) is -4.75. The highest BCUT2D eigenvalue weighted by molar-refractivity contribution is 7.85. The van der Waals surface area contributed by atoms with E-state index in [0.29, 0.717) is 12.1 Å². The van der Waals surface area contributed by atoms with E-state index in [1.165, 1.54) is 0 Å². The number of carboxylic acid groups (broad SMARTS) is 1. The molecule has 0 aliphatic carbocycles. The molecule has 9 nitrogen and oxygen atoms in total. The van der Waals surface area contributed by atoms with Gasteiger partial charge in [-0.25, -0.2) is 9.59 Å². The van der Waals surface area contributed by atoms with Gasteiger partial charge < -0.3 is 20.1 Å². The molecule has 1 rings (SSSR count). The molecule has 110 valence electrons. The Labute approximate surface area is 112 Å². The van der Waals surface area contributed by atoms with E-state index in [2.05, 4.69) is 4.74 Å². The SMILES string of the molecule is CC(O)(O)OC(=O)c1cc(C(=O)O)cc(S(=O)(=O)O)c1. The lowest BCUT2D eigenvalue weighted by Crippen LogP contribution is -2.30. The van der Waals surface area contributed by atoms with Gasteiger partial charge in [-0.15, -0.1) is 0 Å². The highest BCUT2D eigenvalue weighted by atomic mass is 32.2. The third-order valence-electron chi connectivity index (χ3n) is 1.97. The van der Waals surface area contributed by atoms with Gasteiger partial charge in [0.15, 0.2) is 0 Å². The first-order chi connectivity index (χ1) is 8.90. The Bertz CT molecular complexity index is 654. The van der Waals surface area contributed by atoms with Crippen molar-refractivity contribution in [2.75, 3.05) is 0 Å². The van der Waals surface area contributed by atoms with Gasteiger partial charge in [-0.2, -0.15) is 8.42 Å². The summed E-state index contributed by atoms with van der Waals surface area (Å²) in [5.74, 6) is -5.76. The van der Waals surface area contributed by atoms with E-state index >= 15 is 0 Å². The summed E-state index contributed by atoms with van der Waals surface area (Å²) in [6.07, 6.45) is 0. The second kappa shape index (κ2) is 5.17. The molecule has 0 saturated carbocycles. The molecule has 0 aliphatic heterocycles. The Morgan fingerprint density at radius 2 is 1.65 bits per heavy atom. The summed E-state index contributed by atoms with van der Waals surface area (Å²) in [6.45, 7) is 0.718. The zero-order valence-corrected chi connectivity index (χ0v) is 10.8. The summed E-state index contributed by atoms with van der Waals surface area (Å²) in [5.41, 5.74) is -1.20. The van der Waals surface area contributed by atoms with Crippen molar-refractivity contribution in [3.8, 4) is 0 Å². The molecular formula is C10H10O9S. The van der Waals surface area contributed by atoms with Crippen molar-refractivity contribution in [1.29, 1.82) is 0 Å². The maximum Gasteiger partial charge on any atom is 0.342 e. The Kier molecular flexibility index (Phi) is 4.15. The van der Waals surface area contributed by atoms with Gasteiger partial charge in [0, 0.05) is 6.92 Å². The molecule has 20 heavy (non-hydrogen) atoms. The van der Waals surface area contributed by atoms with Gasteiger partial charge in [-0.3, -0.25) is 4.55 Å². The smallest absolute Gasteiger partial charge is 0.342 e. The van der Waals surface area contributed by atoms with Crippen LogP contribution in [0, 0.1) is 0 Å². The van der Waals surface area contributed by atoms with Gasteiger partial charge in [0.1, 0.15) is 0 Å². The van der Waals surface area contributed by atoms with Crippen LogP contribution in [0.3, 0.4) is 0 Å². The molecule has 0 radical (unpaired) electrons. The lowest BCUT2D eigenvalue weighted by atomic mass is 10.1. The number of rotatable bonds is 4. The first-order valence-electron chi connectivity index (χ1n) is 4.94. The quantitative estimate of drug-likeness (QED) is 0.325. The van der Waals surface area contributed by atoms with Crippen LogP contribution in [0.25, 0.3) is 0 Å². The van der Waals surface area contributed by atoms with Gasteiger partial charge in [-0.05, 0) is 18.2 Å². The first-order valence-corrected chi connectivity index (χ1v) is 6.38. The van der Waals surface area contributed by atoms with Crippen molar-refractivity contribution in [1.82, 2.24) is 0 Å². The van der Waals surface area contributed by atoms with Crippen LogP contribution in [0.15, 0.2) is 23.1 Å². The van der Waals surface area contributed by atoms with Gasteiger partial charge in [0.05, 0.1) is 16.0 Å². The van der Waals surface area contributed by atoms with Crippen LogP contribution in [0.4, 0.5) is 0 Å². The fourth-order valence-electron chi connectivity index (χ4n) is 1.22. The Balaban J connectivity index is 3.37. The van der Waals surface area contributed by atoms with Crippen LogP contribution in [-0.2, 0) is 14.9 Å². The van der Waals surface area contributed by atoms with Crippen molar-refractivity contribution >= 4 is 22.1 Å². The highest BCUT2D eigenvalue weighted by Gasteiger charge is 2.25. The number of ether oxygens (including phenoxy) is 1. The molecule has 0 saturated heterocycles. The van der Waals surface area contributed by atoms with Crippen molar-refractivity contribution in [3.63, 3.8) is 0 Å². The number of aromatic carboxylic acids is 1. The van der Waals surface area contributed by atoms with Crippen LogP contribution in [0.2, 0.25) is 0 Å². The summed E-state index contributed by atoms with van der Waals surface area (Å²) < 4.78 is 35.0. The number of benzene rings is 1. The van der Waals surface area contributed by atoms with Gasteiger partial charge in [0.25, 0.3) is 10.1 Å². The standard InChI is InChI=1S/C10H10O9S/c1-10(14,15)19-9(13)6-2-5(8(11)12)3-7(4-6)20(16,17)18/h2-4,14-15H,1H3,(H,11,12)(H,16,17,18). The lowest BCUT2D eigenvalue weighted by Gasteiger charge is -2.16. The summed E-state index contributed by atoms with van der Waals surface area (Å²) in [4.78, 5) is 21.5. The first kappa shape index (κ1) is 16.0. The number of esters is 1.